The van der Waals surface area contributed by atoms with Crippen molar-refractivity contribution in [2.45, 2.75) is 9.79 Å². The molecular weight excluding hydrogens is 196 g/mol. The highest BCUT2D eigenvalue weighted by molar-refractivity contribution is 8.06. The van der Waals surface area contributed by atoms with Crippen molar-refractivity contribution in [1.82, 2.24) is 0 Å². The Morgan fingerprint density at radius 2 is 1.45 bits per heavy atom. The second-order valence-electron chi connectivity index (χ2n) is 1.86. The monoisotopic (exact) mass is 200 g/mol. The summed E-state index contributed by atoms with van der Waals surface area (Å²) in [6.45, 7) is 0. The number of hydrogen-bond donors (Lipinski definition) is 0. The number of benzene rings is 1. The first-order chi connectivity index (χ1) is 5.47. The van der Waals surface area contributed by atoms with Crippen molar-refractivity contribution in [2.24, 2.45) is 7.54 Å². The van der Waals surface area contributed by atoms with E-state index >= 15 is 0 Å². The molecule has 1 aromatic carbocycles. The van der Waals surface area contributed by atoms with Gasteiger partial charge in [-0.25, -0.2) is 0 Å². The summed E-state index contributed by atoms with van der Waals surface area (Å²) in [7, 11) is 0. The molecule has 2 nitrogen and oxygen atoms in total. The van der Waals surface area contributed by atoms with Crippen molar-refractivity contribution in [1.29, 1.82) is 0 Å². The molecule has 0 atom stereocenters. The van der Waals surface area contributed by atoms with Crippen LogP contribution in [-0.4, -0.2) is 0 Å². The topological polar surface area (TPSA) is 24.7 Å². The molecule has 0 saturated carbocycles. The van der Waals surface area contributed by atoms with E-state index in [2.05, 4.69) is 19.7 Å². The first-order valence-electron chi connectivity index (χ1n) is 2.97. The molecule has 1 aliphatic heterocycles. The Kier molecular flexibility index (Phi) is 2.30. The molecule has 0 saturated heterocycles. The van der Waals surface area contributed by atoms with Crippen molar-refractivity contribution in [3.8, 4) is 0 Å². The van der Waals surface area contributed by atoms with E-state index < -0.39 is 0 Å². The average Bonchev–Trinajstić information content (AvgIpc) is 2.28. The Morgan fingerprint density at radius 1 is 0.909 bits per heavy atom. The zero-order valence-electron chi connectivity index (χ0n) is 5.43. The third kappa shape index (κ3) is 1.66. The van der Waals surface area contributed by atoms with Crippen LogP contribution in [0.4, 0.5) is 0 Å². The molecule has 11 heavy (non-hydrogen) atoms. The second kappa shape index (κ2) is 3.42. The minimum Gasteiger partial charge on any atom is -0.135 e. The van der Waals surface area contributed by atoms with E-state index in [1.54, 1.807) is 0 Å². The minimum absolute atomic E-state index is 1.19. The lowest BCUT2D eigenvalue weighted by Crippen LogP contribution is -1.71. The Balaban J connectivity index is 2.47. The molecule has 0 aliphatic carbocycles. The van der Waals surface area contributed by atoms with Crippen LogP contribution in [0.3, 0.4) is 0 Å². The van der Waals surface area contributed by atoms with Crippen LogP contribution in [0, 0.1) is 0 Å². The van der Waals surface area contributed by atoms with Gasteiger partial charge >= 0.3 is 0 Å². The first kappa shape index (κ1) is 7.39. The van der Waals surface area contributed by atoms with Crippen molar-refractivity contribution in [3.63, 3.8) is 0 Å². The quantitative estimate of drug-likeness (QED) is 0.601. The SMILES string of the molecule is c1ccc2c(c1)SN=S=NS2. The summed E-state index contributed by atoms with van der Waals surface area (Å²) >= 11 is 4.21. The molecular formula is C6H4N2S3. The van der Waals surface area contributed by atoms with E-state index in [0.29, 0.717) is 0 Å². The van der Waals surface area contributed by atoms with Gasteiger partial charge in [-0.2, -0.15) is 0 Å². The van der Waals surface area contributed by atoms with Crippen molar-refractivity contribution in [2.75, 3.05) is 0 Å². The normalized spacial score (nSPS) is 14.9. The Labute approximate surface area is 76.9 Å². The predicted molar refractivity (Wildman–Crippen MR) is 50.4 cm³/mol. The van der Waals surface area contributed by atoms with Gasteiger partial charge in [-0.3, -0.25) is 0 Å². The van der Waals surface area contributed by atoms with Gasteiger partial charge in [0.2, 0.25) is 0 Å². The van der Waals surface area contributed by atoms with Crippen LogP contribution in [0.15, 0.2) is 41.6 Å². The Morgan fingerprint density at radius 3 is 2.00 bits per heavy atom. The fraction of sp³-hybridized carbons (Fsp3) is 0. The number of fused-ring (bicyclic) bond motifs is 1. The lowest BCUT2D eigenvalue weighted by atomic mass is 10.4. The standard InChI is InChI=1S/C6H4N2S3/c1-2-4-6-5(3-1)9-7-11-8-10-6/h1-4H. The molecule has 0 unspecified atom stereocenters. The minimum atomic E-state index is 1.19. The maximum atomic E-state index is 4.06. The molecule has 0 amide bonds. The lowest BCUT2D eigenvalue weighted by Gasteiger charge is -1.97. The third-order valence-electron chi connectivity index (χ3n) is 1.19. The van der Waals surface area contributed by atoms with E-state index in [-0.39, 0.29) is 0 Å². The van der Waals surface area contributed by atoms with Crippen LogP contribution in [0.25, 0.3) is 0 Å². The van der Waals surface area contributed by atoms with E-state index in [9.17, 15) is 0 Å². The van der Waals surface area contributed by atoms with Crippen LogP contribution in [-0.2, 0) is 11.4 Å². The fourth-order valence-corrected chi connectivity index (χ4v) is 2.81. The molecule has 0 fully saturated rings. The van der Waals surface area contributed by atoms with E-state index in [4.69, 9.17) is 0 Å². The summed E-state index contributed by atoms with van der Waals surface area (Å²) in [6.07, 6.45) is 0. The van der Waals surface area contributed by atoms with Gasteiger partial charge in [0, 0.05) is 33.7 Å². The summed E-state index contributed by atoms with van der Waals surface area (Å²) in [5.74, 6) is 0. The summed E-state index contributed by atoms with van der Waals surface area (Å²) in [4.78, 5) is 2.37. The number of hydrogen-bond acceptors (Lipinski definition) is 4. The molecule has 1 aliphatic rings. The molecule has 5 heteroatoms. The fourth-order valence-electron chi connectivity index (χ4n) is 0.728. The van der Waals surface area contributed by atoms with Crippen molar-refractivity contribution >= 4 is 35.3 Å². The molecule has 2 rings (SSSR count). The van der Waals surface area contributed by atoms with Crippen LogP contribution in [0.5, 0.6) is 0 Å². The molecule has 0 N–H and O–H groups in total. The van der Waals surface area contributed by atoms with Gasteiger partial charge in [-0.15, -0.1) is 7.54 Å². The maximum absolute atomic E-state index is 4.06. The number of nitrogens with zero attached hydrogens (tertiary/aromatic N) is 2. The summed E-state index contributed by atoms with van der Waals surface area (Å²) < 4.78 is 8.12. The van der Waals surface area contributed by atoms with E-state index in [1.807, 2.05) is 12.1 Å². The second-order valence-corrected chi connectivity index (χ2v) is 4.46. The van der Waals surface area contributed by atoms with Gasteiger partial charge in [-0.1, -0.05) is 12.1 Å². The molecule has 0 radical (unpaired) electrons. The number of rotatable bonds is 0. The Bertz CT molecular complexity index is 301. The van der Waals surface area contributed by atoms with E-state index in [0.717, 1.165) is 0 Å². The molecule has 1 heterocycles. The predicted octanol–water partition coefficient (Wildman–Crippen LogP) is 3.16. The maximum Gasteiger partial charge on any atom is 0.0837 e. The van der Waals surface area contributed by atoms with Gasteiger partial charge in [0.25, 0.3) is 0 Å². The van der Waals surface area contributed by atoms with Crippen molar-refractivity contribution < 1.29 is 0 Å². The third-order valence-corrected chi connectivity index (χ3v) is 3.55. The van der Waals surface area contributed by atoms with Crippen LogP contribution in [0.2, 0.25) is 0 Å². The van der Waals surface area contributed by atoms with Crippen LogP contribution < -0.4 is 0 Å². The highest BCUT2D eigenvalue weighted by atomic mass is 32.2. The highest BCUT2D eigenvalue weighted by Gasteiger charge is 2.03. The van der Waals surface area contributed by atoms with Crippen LogP contribution in [0.1, 0.15) is 0 Å². The van der Waals surface area contributed by atoms with Crippen molar-refractivity contribution in [3.05, 3.63) is 24.3 Å². The lowest BCUT2D eigenvalue weighted by molar-refractivity contribution is 1.25. The zero-order chi connectivity index (χ0) is 7.52. The average molecular weight is 200 g/mol. The van der Waals surface area contributed by atoms with E-state index in [1.165, 1.54) is 45.0 Å². The molecule has 0 aromatic heterocycles. The highest BCUT2D eigenvalue weighted by Crippen LogP contribution is 2.33. The molecule has 56 valence electrons. The smallest absolute Gasteiger partial charge is 0.0837 e. The van der Waals surface area contributed by atoms with Gasteiger partial charge in [0.1, 0.15) is 0 Å². The summed E-state index contributed by atoms with van der Waals surface area (Å²) in [6, 6.07) is 8.13. The van der Waals surface area contributed by atoms with Gasteiger partial charge < -0.3 is 0 Å². The zero-order valence-corrected chi connectivity index (χ0v) is 7.88. The molecule has 1 aromatic rings. The van der Waals surface area contributed by atoms with Gasteiger partial charge in [0.05, 0.1) is 11.4 Å². The van der Waals surface area contributed by atoms with Crippen LogP contribution >= 0.6 is 23.9 Å². The van der Waals surface area contributed by atoms with Gasteiger partial charge in [0.15, 0.2) is 0 Å². The van der Waals surface area contributed by atoms with Gasteiger partial charge in [-0.05, 0) is 12.1 Å². The summed E-state index contributed by atoms with van der Waals surface area (Å²) in [5, 5.41) is 0. The molecule has 0 spiro atoms. The first-order valence-corrected chi connectivity index (χ1v) is 5.24. The Hall–Kier alpha value is -0.260. The molecule has 0 bridgehead atoms. The largest absolute Gasteiger partial charge is 0.135 e. The summed E-state index contributed by atoms with van der Waals surface area (Å²) in [5.41, 5.74) is 0.